The van der Waals surface area contributed by atoms with Crippen LogP contribution in [0.15, 0.2) is 83.4 Å². The van der Waals surface area contributed by atoms with Crippen LogP contribution in [0.3, 0.4) is 0 Å². The predicted molar refractivity (Wildman–Crippen MR) is 122 cm³/mol. The number of aryl methyl sites for hydroxylation is 2. The average molecular weight is 387 g/mol. The van der Waals surface area contributed by atoms with E-state index in [2.05, 4.69) is 95.9 Å². The normalized spacial score (nSPS) is 12.3. The van der Waals surface area contributed by atoms with Gasteiger partial charge in [-0.15, -0.1) is 0 Å². The summed E-state index contributed by atoms with van der Waals surface area (Å²) in [6.45, 7) is 2.21. The molecule has 0 aliphatic carbocycles. The van der Waals surface area contributed by atoms with E-state index in [1.807, 2.05) is 6.07 Å². The Bertz CT molecular complexity index is 1770. The van der Waals surface area contributed by atoms with Gasteiger partial charge in [0.15, 0.2) is 11.8 Å². The van der Waals surface area contributed by atoms with E-state index in [1.165, 1.54) is 49.5 Å². The number of rotatable bonds is 1. The van der Waals surface area contributed by atoms with E-state index in [-0.39, 0.29) is 0 Å². The molecule has 4 heterocycles. The number of aromatic nitrogens is 2. The molecule has 0 saturated heterocycles. The van der Waals surface area contributed by atoms with Crippen molar-refractivity contribution in [1.82, 2.24) is 4.40 Å². The summed E-state index contributed by atoms with van der Waals surface area (Å²) in [4.78, 5) is 0. The Balaban J connectivity index is 1.81. The molecule has 30 heavy (non-hydrogen) atoms. The number of furan rings is 1. The molecule has 0 aliphatic rings. The van der Waals surface area contributed by atoms with Crippen molar-refractivity contribution in [3.63, 3.8) is 0 Å². The largest absolute Gasteiger partial charge is 0.454 e. The van der Waals surface area contributed by atoms with Crippen LogP contribution in [0.2, 0.25) is 0 Å². The number of pyridine rings is 1. The van der Waals surface area contributed by atoms with Gasteiger partial charge in [-0.2, -0.15) is 0 Å². The van der Waals surface area contributed by atoms with Crippen molar-refractivity contribution in [2.24, 2.45) is 7.05 Å². The zero-order valence-corrected chi connectivity index (χ0v) is 16.8. The molecule has 142 valence electrons. The Morgan fingerprint density at radius 1 is 0.767 bits per heavy atom. The number of fused-ring (bicyclic) bond motifs is 8. The molecule has 0 fully saturated rings. The molecule has 0 amide bonds. The summed E-state index contributed by atoms with van der Waals surface area (Å²) in [6.07, 6.45) is 2.12. The highest BCUT2D eigenvalue weighted by Crippen LogP contribution is 2.45. The van der Waals surface area contributed by atoms with Crippen molar-refractivity contribution < 1.29 is 8.98 Å². The van der Waals surface area contributed by atoms with Crippen molar-refractivity contribution >= 4 is 49.3 Å². The fraction of sp³-hybridized carbons (Fsp3) is 0.0741. The lowest BCUT2D eigenvalue weighted by atomic mass is 9.97. The quantitative estimate of drug-likeness (QED) is 0.299. The summed E-state index contributed by atoms with van der Waals surface area (Å²) in [6, 6.07) is 25.8. The van der Waals surface area contributed by atoms with Crippen LogP contribution >= 0.6 is 0 Å². The van der Waals surface area contributed by atoms with E-state index in [4.69, 9.17) is 4.42 Å². The van der Waals surface area contributed by atoms with E-state index in [1.54, 1.807) is 0 Å². The molecular formula is C27H19N2O+. The molecule has 0 aliphatic heterocycles. The van der Waals surface area contributed by atoms with Crippen LogP contribution in [-0.2, 0) is 7.05 Å². The summed E-state index contributed by atoms with van der Waals surface area (Å²) in [5.74, 6) is 0. The first-order chi connectivity index (χ1) is 14.7. The van der Waals surface area contributed by atoms with E-state index >= 15 is 0 Å². The minimum absolute atomic E-state index is 0.939. The van der Waals surface area contributed by atoms with Crippen LogP contribution in [0.4, 0.5) is 0 Å². The van der Waals surface area contributed by atoms with Crippen molar-refractivity contribution in [3.05, 3.63) is 84.6 Å². The molecule has 0 bridgehead atoms. The summed E-state index contributed by atoms with van der Waals surface area (Å²) < 4.78 is 10.9. The molecule has 4 aromatic heterocycles. The van der Waals surface area contributed by atoms with Crippen LogP contribution in [0, 0.1) is 6.92 Å². The number of nitrogens with zero attached hydrogens (tertiary/aromatic N) is 2. The Kier molecular flexibility index (Phi) is 2.88. The minimum Gasteiger partial charge on any atom is -0.454 e. The topological polar surface area (TPSA) is 21.4 Å². The van der Waals surface area contributed by atoms with E-state index < -0.39 is 0 Å². The van der Waals surface area contributed by atoms with Crippen LogP contribution < -0.4 is 4.57 Å². The molecule has 0 unspecified atom stereocenters. The summed E-state index contributed by atoms with van der Waals surface area (Å²) in [7, 11) is 2.12. The molecule has 3 nitrogen and oxygen atoms in total. The van der Waals surface area contributed by atoms with Gasteiger partial charge in [-0.3, -0.25) is 0 Å². The van der Waals surface area contributed by atoms with Gasteiger partial charge < -0.3 is 8.82 Å². The van der Waals surface area contributed by atoms with Crippen molar-refractivity contribution in [3.8, 4) is 11.3 Å². The molecule has 0 atom stereocenters. The van der Waals surface area contributed by atoms with Gasteiger partial charge in [0.05, 0.1) is 16.6 Å². The van der Waals surface area contributed by atoms with E-state index in [0.717, 1.165) is 16.6 Å². The van der Waals surface area contributed by atoms with Crippen LogP contribution in [0.5, 0.6) is 0 Å². The average Bonchev–Trinajstić information content (AvgIpc) is 3.40. The third kappa shape index (κ3) is 1.79. The summed E-state index contributed by atoms with van der Waals surface area (Å²) >= 11 is 0. The van der Waals surface area contributed by atoms with E-state index in [0.29, 0.717) is 0 Å². The highest BCUT2D eigenvalue weighted by Gasteiger charge is 2.25. The predicted octanol–water partition coefficient (Wildman–Crippen LogP) is 6.38. The van der Waals surface area contributed by atoms with Gasteiger partial charge in [-0.25, -0.2) is 4.57 Å². The lowest BCUT2D eigenvalue weighted by Crippen LogP contribution is -2.30. The highest BCUT2D eigenvalue weighted by molar-refractivity contribution is 6.28. The van der Waals surface area contributed by atoms with Gasteiger partial charge in [0, 0.05) is 33.7 Å². The maximum Gasteiger partial charge on any atom is 0.213 e. The van der Waals surface area contributed by atoms with Gasteiger partial charge in [-0.1, -0.05) is 30.3 Å². The summed E-state index contributed by atoms with van der Waals surface area (Å²) in [5.41, 5.74) is 9.37. The first-order valence-electron chi connectivity index (χ1n) is 10.3. The first-order valence-corrected chi connectivity index (χ1v) is 10.3. The molecular weight excluding hydrogens is 368 g/mol. The smallest absolute Gasteiger partial charge is 0.213 e. The van der Waals surface area contributed by atoms with Crippen LogP contribution in [0.25, 0.3) is 60.5 Å². The lowest BCUT2D eigenvalue weighted by molar-refractivity contribution is -0.660. The van der Waals surface area contributed by atoms with Crippen molar-refractivity contribution in [2.45, 2.75) is 6.92 Å². The Morgan fingerprint density at radius 3 is 2.47 bits per heavy atom. The SMILES string of the molecule is Cc1ccc2c(c1-c1cccc[n+]1C)c1cccc3c4oc5ccccc5c4n2c31. The second kappa shape index (κ2) is 5.39. The van der Waals surface area contributed by atoms with Gasteiger partial charge in [0.25, 0.3) is 0 Å². The number of benzene rings is 3. The molecule has 0 saturated carbocycles. The zero-order chi connectivity index (χ0) is 20.0. The fourth-order valence-corrected chi connectivity index (χ4v) is 5.23. The van der Waals surface area contributed by atoms with E-state index in [9.17, 15) is 0 Å². The fourth-order valence-electron chi connectivity index (χ4n) is 5.23. The van der Waals surface area contributed by atoms with Crippen LogP contribution in [-0.4, -0.2) is 4.40 Å². The third-order valence-corrected chi connectivity index (χ3v) is 6.51. The highest BCUT2D eigenvalue weighted by atomic mass is 16.3. The molecule has 7 rings (SSSR count). The molecule has 3 heteroatoms. The van der Waals surface area contributed by atoms with Crippen LogP contribution in [0.1, 0.15) is 5.56 Å². The number of para-hydroxylation sites is 2. The second-order valence-corrected chi connectivity index (χ2v) is 8.16. The van der Waals surface area contributed by atoms with Gasteiger partial charge in [0.1, 0.15) is 18.1 Å². The molecule has 0 radical (unpaired) electrons. The minimum atomic E-state index is 0.939. The third-order valence-electron chi connectivity index (χ3n) is 6.51. The Hall–Kier alpha value is -3.85. The Morgan fingerprint density at radius 2 is 1.57 bits per heavy atom. The van der Waals surface area contributed by atoms with Crippen molar-refractivity contribution in [1.29, 1.82) is 0 Å². The Labute approximate surface area is 172 Å². The molecule has 7 aromatic rings. The molecule has 0 N–H and O–H groups in total. The van der Waals surface area contributed by atoms with Crippen molar-refractivity contribution in [2.75, 3.05) is 0 Å². The number of hydrogen-bond acceptors (Lipinski definition) is 1. The molecule has 0 spiro atoms. The van der Waals surface area contributed by atoms with Gasteiger partial charge in [-0.05, 0) is 42.8 Å². The first kappa shape index (κ1) is 16.0. The second-order valence-electron chi connectivity index (χ2n) is 8.16. The van der Waals surface area contributed by atoms with Gasteiger partial charge >= 0.3 is 0 Å². The summed E-state index contributed by atoms with van der Waals surface area (Å²) in [5, 5.41) is 4.93. The molecule has 3 aromatic carbocycles. The van der Waals surface area contributed by atoms with Gasteiger partial charge in [0.2, 0.25) is 5.69 Å². The standard InChI is InChI=1S/C27H19N2O/c1-16-13-14-21-24(23(16)20-11-5-6-15-28(20)2)18-9-7-10-19-25(18)29(21)26-17-8-3-4-12-22(17)30-27(19)26/h3-15H,1-2H3/q+1. The number of hydrogen-bond donors (Lipinski definition) is 0. The maximum atomic E-state index is 6.32. The monoisotopic (exact) mass is 387 g/mol. The maximum absolute atomic E-state index is 6.32. The lowest BCUT2D eigenvalue weighted by Gasteiger charge is -2.07. The zero-order valence-electron chi connectivity index (χ0n) is 16.8.